The molecule has 0 aromatic heterocycles. The van der Waals surface area contributed by atoms with Crippen molar-refractivity contribution in [1.82, 2.24) is 0 Å². The Bertz CT molecular complexity index is 1080. The molecule has 158 valence electrons. The van der Waals surface area contributed by atoms with E-state index in [-0.39, 0.29) is 18.5 Å². The Labute approximate surface area is 179 Å². The maximum atomic E-state index is 10.9. The summed E-state index contributed by atoms with van der Waals surface area (Å²) in [6.45, 7) is 3.95. The average Bonchev–Trinajstić information content (AvgIpc) is 2.81. The minimum atomic E-state index is -0.907. The van der Waals surface area contributed by atoms with Crippen molar-refractivity contribution < 1.29 is 19.5 Å². The number of carboxylic acids is 1. The van der Waals surface area contributed by atoms with E-state index >= 15 is 0 Å². The highest BCUT2D eigenvalue weighted by Crippen LogP contribution is 2.31. The molecule has 7 nitrogen and oxygen atoms in total. The second-order valence-corrected chi connectivity index (χ2v) is 6.78. The maximum absolute atomic E-state index is 10.9. The fourth-order valence-corrected chi connectivity index (χ4v) is 2.99. The Morgan fingerprint density at radius 2 is 1.58 bits per heavy atom. The van der Waals surface area contributed by atoms with Gasteiger partial charge in [-0.1, -0.05) is 36.9 Å². The number of benzene rings is 3. The molecule has 0 radical (unpaired) electrons. The van der Waals surface area contributed by atoms with Gasteiger partial charge in [0.25, 0.3) is 0 Å². The van der Waals surface area contributed by atoms with Gasteiger partial charge in [-0.15, -0.1) is 4.91 Å². The maximum Gasteiger partial charge on any atom is 0.303 e. The standard InChI is InChI=1S/C24H22N2O5/c1-16(3-14-24(27)28)22-13-8-19(25-29)15-23(22)26-31-21-11-6-18(7-12-21)17-4-9-20(30-2)10-5-17/h4-13,15,26H,1,3,14H2,2H3,(H,27,28). The normalized spacial score (nSPS) is 10.2. The number of hydrogen-bond donors (Lipinski definition) is 2. The molecule has 0 unspecified atom stereocenters. The smallest absolute Gasteiger partial charge is 0.303 e. The molecule has 0 atom stereocenters. The molecule has 0 bridgehead atoms. The summed E-state index contributed by atoms with van der Waals surface area (Å²) < 4.78 is 5.18. The minimum Gasteiger partial charge on any atom is -0.497 e. The Morgan fingerprint density at radius 3 is 2.13 bits per heavy atom. The number of nitroso groups, excluding NO2 is 1. The molecule has 31 heavy (non-hydrogen) atoms. The predicted octanol–water partition coefficient (Wildman–Crippen LogP) is 6.04. The highest BCUT2D eigenvalue weighted by Gasteiger charge is 2.11. The molecule has 7 heteroatoms. The van der Waals surface area contributed by atoms with Gasteiger partial charge >= 0.3 is 5.97 Å². The molecule has 0 spiro atoms. The van der Waals surface area contributed by atoms with Crippen molar-refractivity contribution in [3.05, 3.63) is 83.8 Å². The van der Waals surface area contributed by atoms with Gasteiger partial charge in [0.15, 0.2) is 5.75 Å². The zero-order chi connectivity index (χ0) is 22.2. The highest BCUT2D eigenvalue weighted by atomic mass is 16.6. The zero-order valence-corrected chi connectivity index (χ0v) is 17.0. The molecular weight excluding hydrogens is 396 g/mol. The second kappa shape index (κ2) is 10.1. The van der Waals surface area contributed by atoms with Crippen molar-refractivity contribution in [3.8, 4) is 22.6 Å². The van der Waals surface area contributed by atoms with Crippen LogP contribution in [-0.4, -0.2) is 18.2 Å². The SMILES string of the molecule is C=C(CCC(=O)O)c1ccc(N=O)cc1NOc1ccc(-c2ccc(OC)cc2)cc1. The molecule has 2 N–H and O–H groups in total. The number of nitrogens with zero attached hydrogens (tertiary/aromatic N) is 1. The molecule has 3 aromatic carbocycles. The van der Waals surface area contributed by atoms with Crippen LogP contribution in [0.3, 0.4) is 0 Å². The fourth-order valence-electron chi connectivity index (χ4n) is 2.99. The van der Waals surface area contributed by atoms with Gasteiger partial charge in [-0.2, -0.15) is 0 Å². The number of ether oxygens (including phenoxy) is 1. The van der Waals surface area contributed by atoms with Crippen LogP contribution in [-0.2, 0) is 4.79 Å². The van der Waals surface area contributed by atoms with Gasteiger partial charge < -0.3 is 14.7 Å². The Kier molecular flexibility index (Phi) is 7.01. The summed E-state index contributed by atoms with van der Waals surface area (Å²) in [7, 11) is 1.63. The van der Waals surface area contributed by atoms with Gasteiger partial charge in [0.1, 0.15) is 11.4 Å². The second-order valence-electron chi connectivity index (χ2n) is 6.78. The molecule has 0 saturated carbocycles. The Balaban J connectivity index is 1.72. The van der Waals surface area contributed by atoms with Crippen LogP contribution in [0, 0.1) is 4.91 Å². The third-order valence-electron chi connectivity index (χ3n) is 4.69. The van der Waals surface area contributed by atoms with Gasteiger partial charge in [0.2, 0.25) is 0 Å². The number of carboxylic acid groups (broad SMARTS) is 1. The topological polar surface area (TPSA) is 97.2 Å². The number of hydrogen-bond acceptors (Lipinski definition) is 6. The molecule has 0 amide bonds. The number of carbonyl (C=O) groups is 1. The first kappa shape index (κ1) is 21.6. The van der Waals surface area contributed by atoms with E-state index in [4.69, 9.17) is 14.7 Å². The van der Waals surface area contributed by atoms with E-state index in [0.717, 1.165) is 16.9 Å². The van der Waals surface area contributed by atoms with Crippen molar-refractivity contribution in [2.45, 2.75) is 12.8 Å². The van der Waals surface area contributed by atoms with E-state index in [2.05, 4.69) is 17.2 Å². The molecule has 3 rings (SSSR count). The van der Waals surface area contributed by atoms with Gasteiger partial charge in [-0.05, 0) is 64.7 Å². The Hall–Kier alpha value is -4.13. The van der Waals surface area contributed by atoms with Crippen LogP contribution in [0.4, 0.5) is 11.4 Å². The van der Waals surface area contributed by atoms with E-state index in [9.17, 15) is 9.70 Å². The van der Waals surface area contributed by atoms with Crippen molar-refractivity contribution in [1.29, 1.82) is 0 Å². The monoisotopic (exact) mass is 418 g/mol. The van der Waals surface area contributed by atoms with E-state index in [1.165, 1.54) is 6.07 Å². The van der Waals surface area contributed by atoms with Gasteiger partial charge in [-0.3, -0.25) is 4.79 Å². The van der Waals surface area contributed by atoms with Crippen LogP contribution in [0.5, 0.6) is 11.5 Å². The molecule has 0 saturated heterocycles. The van der Waals surface area contributed by atoms with Crippen LogP contribution >= 0.6 is 0 Å². The molecular formula is C24H22N2O5. The van der Waals surface area contributed by atoms with Crippen molar-refractivity contribution in [2.24, 2.45) is 5.18 Å². The van der Waals surface area contributed by atoms with Crippen molar-refractivity contribution in [3.63, 3.8) is 0 Å². The number of anilines is 1. The van der Waals surface area contributed by atoms with E-state index in [1.807, 2.05) is 48.5 Å². The summed E-state index contributed by atoms with van der Waals surface area (Å²) in [5.41, 5.74) is 6.85. The summed E-state index contributed by atoms with van der Waals surface area (Å²) >= 11 is 0. The first-order valence-electron chi connectivity index (χ1n) is 9.55. The predicted molar refractivity (Wildman–Crippen MR) is 120 cm³/mol. The molecule has 0 aliphatic heterocycles. The number of aliphatic carboxylic acids is 1. The molecule has 0 aliphatic carbocycles. The number of nitrogens with one attached hydrogen (secondary N) is 1. The first-order valence-corrected chi connectivity index (χ1v) is 9.55. The number of rotatable bonds is 10. The lowest BCUT2D eigenvalue weighted by atomic mass is 10.0. The zero-order valence-electron chi connectivity index (χ0n) is 17.0. The fraction of sp³-hybridized carbons (Fsp3) is 0.125. The molecule has 3 aromatic rings. The Morgan fingerprint density at radius 1 is 0.968 bits per heavy atom. The molecule has 0 heterocycles. The summed E-state index contributed by atoms with van der Waals surface area (Å²) in [5.74, 6) is 0.444. The molecule has 0 fully saturated rings. The third kappa shape index (κ3) is 5.70. The summed E-state index contributed by atoms with van der Waals surface area (Å²) in [4.78, 5) is 27.4. The van der Waals surface area contributed by atoms with Gasteiger partial charge in [0, 0.05) is 12.0 Å². The van der Waals surface area contributed by atoms with Gasteiger partial charge in [-0.25, -0.2) is 5.48 Å². The summed E-state index contributed by atoms with van der Waals surface area (Å²) in [6, 6.07) is 20.0. The van der Waals surface area contributed by atoms with Crippen molar-refractivity contribution >= 4 is 22.9 Å². The quantitative estimate of drug-likeness (QED) is 0.307. The van der Waals surface area contributed by atoms with Crippen LogP contribution in [0.2, 0.25) is 0 Å². The lowest BCUT2D eigenvalue weighted by Crippen LogP contribution is -2.07. The van der Waals surface area contributed by atoms with Crippen LogP contribution in [0.1, 0.15) is 18.4 Å². The van der Waals surface area contributed by atoms with Crippen LogP contribution in [0.15, 0.2) is 78.5 Å². The largest absolute Gasteiger partial charge is 0.497 e. The minimum absolute atomic E-state index is 0.0420. The number of methoxy groups -OCH3 is 1. The van der Waals surface area contributed by atoms with E-state index < -0.39 is 5.97 Å². The lowest BCUT2D eigenvalue weighted by molar-refractivity contribution is -0.136. The lowest BCUT2D eigenvalue weighted by Gasteiger charge is -2.15. The van der Waals surface area contributed by atoms with E-state index in [1.54, 1.807) is 19.2 Å². The summed E-state index contributed by atoms with van der Waals surface area (Å²) in [5, 5.41) is 11.8. The number of allylic oxidation sites excluding steroid dienone is 1. The van der Waals surface area contributed by atoms with Crippen LogP contribution in [0.25, 0.3) is 16.7 Å². The van der Waals surface area contributed by atoms with Gasteiger partial charge in [0.05, 0.1) is 12.8 Å². The third-order valence-corrected chi connectivity index (χ3v) is 4.69. The van der Waals surface area contributed by atoms with Crippen LogP contribution < -0.4 is 15.1 Å². The van der Waals surface area contributed by atoms with Crippen molar-refractivity contribution in [2.75, 3.05) is 12.6 Å². The highest BCUT2D eigenvalue weighted by molar-refractivity contribution is 5.79. The average molecular weight is 418 g/mol. The molecule has 0 aliphatic rings. The van der Waals surface area contributed by atoms with E-state index in [0.29, 0.717) is 22.6 Å². The first-order chi connectivity index (χ1) is 15.0. The summed E-state index contributed by atoms with van der Waals surface area (Å²) in [6.07, 6.45) is 0.230.